The van der Waals surface area contributed by atoms with Gasteiger partial charge in [0.15, 0.2) is 0 Å². The molecule has 5 heteroatoms. The predicted molar refractivity (Wildman–Crippen MR) is 90.0 cm³/mol. The molecule has 0 saturated carbocycles. The number of hydrogen-bond acceptors (Lipinski definition) is 3. The molecule has 0 spiro atoms. The van der Waals surface area contributed by atoms with E-state index in [4.69, 9.17) is 4.74 Å². The van der Waals surface area contributed by atoms with Crippen molar-refractivity contribution in [3.8, 4) is 5.75 Å². The number of nitrogens with one attached hydrogen (secondary N) is 1. The van der Waals surface area contributed by atoms with E-state index < -0.39 is 0 Å². The third kappa shape index (κ3) is 3.39. The molecule has 1 aromatic rings. The fraction of sp³-hybridized carbons (Fsp3) is 0.588. The summed E-state index contributed by atoms with van der Waals surface area (Å²) in [6.07, 6.45) is 2.25. The lowest BCUT2D eigenvalue weighted by Gasteiger charge is -2.22. The molecular weight excluding hydrogens is 300 g/mol. The smallest absolute Gasteiger partial charge is 0.254 e. The number of halogens is 1. The highest BCUT2D eigenvalue weighted by atomic mass is 35.5. The van der Waals surface area contributed by atoms with Crippen molar-refractivity contribution in [2.24, 2.45) is 11.8 Å². The van der Waals surface area contributed by atoms with E-state index in [1.165, 1.54) is 0 Å². The lowest BCUT2D eigenvalue weighted by atomic mass is 9.92. The van der Waals surface area contributed by atoms with Crippen LogP contribution < -0.4 is 10.1 Å². The maximum Gasteiger partial charge on any atom is 0.254 e. The molecule has 2 saturated heterocycles. The van der Waals surface area contributed by atoms with Gasteiger partial charge in [-0.25, -0.2) is 0 Å². The topological polar surface area (TPSA) is 41.6 Å². The summed E-state index contributed by atoms with van der Waals surface area (Å²) in [7, 11) is 1.65. The van der Waals surface area contributed by atoms with Crippen molar-refractivity contribution >= 4 is 18.3 Å². The van der Waals surface area contributed by atoms with E-state index in [1.807, 2.05) is 30.0 Å². The lowest BCUT2D eigenvalue weighted by molar-refractivity contribution is 0.0758. The number of likely N-dealkylation sites (tertiary alicyclic amines) is 1. The van der Waals surface area contributed by atoms with Crippen LogP contribution in [0, 0.1) is 18.8 Å². The lowest BCUT2D eigenvalue weighted by Crippen LogP contribution is -2.33. The Hall–Kier alpha value is -1.26. The molecular formula is C17H25ClN2O2. The first-order valence-corrected chi connectivity index (χ1v) is 7.83. The van der Waals surface area contributed by atoms with Gasteiger partial charge in [-0.1, -0.05) is 0 Å². The number of benzene rings is 1. The van der Waals surface area contributed by atoms with Crippen LogP contribution in [-0.4, -0.2) is 44.1 Å². The van der Waals surface area contributed by atoms with E-state index in [0.29, 0.717) is 0 Å². The molecule has 1 amide bonds. The summed E-state index contributed by atoms with van der Waals surface area (Å²) in [4.78, 5) is 14.8. The molecule has 22 heavy (non-hydrogen) atoms. The van der Waals surface area contributed by atoms with E-state index >= 15 is 0 Å². The van der Waals surface area contributed by atoms with Crippen LogP contribution in [0.15, 0.2) is 18.2 Å². The molecule has 2 aliphatic rings. The number of ether oxygens (including phenoxy) is 1. The number of carbonyl (C=O) groups excluding carboxylic acids is 1. The summed E-state index contributed by atoms with van der Waals surface area (Å²) in [6, 6.07) is 5.70. The monoisotopic (exact) mass is 324 g/mol. The number of carbonyl (C=O) groups is 1. The minimum Gasteiger partial charge on any atom is -0.497 e. The van der Waals surface area contributed by atoms with Gasteiger partial charge in [-0.3, -0.25) is 4.79 Å². The van der Waals surface area contributed by atoms with Gasteiger partial charge < -0.3 is 15.0 Å². The Morgan fingerprint density at radius 3 is 2.41 bits per heavy atom. The molecule has 2 aliphatic heterocycles. The third-order valence-corrected chi connectivity index (χ3v) is 4.97. The van der Waals surface area contributed by atoms with E-state index in [2.05, 4.69) is 5.32 Å². The van der Waals surface area contributed by atoms with Crippen LogP contribution in [0.5, 0.6) is 5.75 Å². The fourth-order valence-corrected chi connectivity index (χ4v) is 3.59. The molecule has 4 nitrogen and oxygen atoms in total. The van der Waals surface area contributed by atoms with Gasteiger partial charge in [0.25, 0.3) is 5.91 Å². The number of fused-ring (bicyclic) bond motifs is 1. The highest BCUT2D eigenvalue weighted by molar-refractivity contribution is 5.95. The summed E-state index contributed by atoms with van der Waals surface area (Å²) in [5.74, 6) is 2.48. The maximum atomic E-state index is 12.8. The van der Waals surface area contributed by atoms with Crippen molar-refractivity contribution in [3.05, 3.63) is 29.3 Å². The minimum atomic E-state index is 0. The second-order valence-corrected chi connectivity index (χ2v) is 6.23. The number of amides is 1. The van der Waals surface area contributed by atoms with Crippen molar-refractivity contribution in [3.63, 3.8) is 0 Å². The van der Waals surface area contributed by atoms with Gasteiger partial charge in [0, 0.05) is 18.7 Å². The van der Waals surface area contributed by atoms with Gasteiger partial charge >= 0.3 is 0 Å². The van der Waals surface area contributed by atoms with E-state index in [0.717, 1.165) is 67.7 Å². The van der Waals surface area contributed by atoms with Gasteiger partial charge in [-0.2, -0.15) is 0 Å². The zero-order valence-electron chi connectivity index (χ0n) is 13.3. The predicted octanol–water partition coefficient (Wildman–Crippen LogP) is 2.50. The summed E-state index contributed by atoms with van der Waals surface area (Å²) < 4.78 is 5.21. The van der Waals surface area contributed by atoms with E-state index in [9.17, 15) is 4.79 Å². The van der Waals surface area contributed by atoms with Gasteiger partial charge in [-0.05, 0) is 68.5 Å². The first-order valence-electron chi connectivity index (χ1n) is 7.83. The quantitative estimate of drug-likeness (QED) is 0.909. The summed E-state index contributed by atoms with van der Waals surface area (Å²) in [5.41, 5.74) is 1.80. The second kappa shape index (κ2) is 7.34. The Morgan fingerprint density at radius 2 is 1.86 bits per heavy atom. The van der Waals surface area contributed by atoms with Crippen LogP contribution in [0.2, 0.25) is 0 Å². The molecule has 0 aromatic heterocycles. The molecule has 0 radical (unpaired) electrons. The molecule has 1 aromatic carbocycles. The molecule has 1 N–H and O–H groups in total. The van der Waals surface area contributed by atoms with E-state index in [-0.39, 0.29) is 18.3 Å². The second-order valence-electron chi connectivity index (χ2n) is 6.23. The average Bonchev–Trinajstić information content (AvgIpc) is 2.85. The highest BCUT2D eigenvalue weighted by Crippen LogP contribution is 2.28. The van der Waals surface area contributed by atoms with Gasteiger partial charge in [0.05, 0.1) is 7.11 Å². The third-order valence-electron chi connectivity index (χ3n) is 4.97. The van der Waals surface area contributed by atoms with Crippen molar-refractivity contribution in [2.45, 2.75) is 19.8 Å². The molecule has 2 atom stereocenters. The first kappa shape index (κ1) is 17.1. The van der Waals surface area contributed by atoms with Crippen molar-refractivity contribution in [2.75, 3.05) is 33.3 Å². The van der Waals surface area contributed by atoms with Crippen LogP contribution in [0.3, 0.4) is 0 Å². The molecule has 122 valence electrons. The SMILES string of the molecule is COc1ccc(C(=O)N2CC[C@@H]3CNC[C@@H]3CC2)c(C)c1.Cl. The van der Waals surface area contributed by atoms with Crippen molar-refractivity contribution in [1.29, 1.82) is 0 Å². The standard InChI is InChI=1S/C17H24N2O2.ClH/c1-12-9-15(21-2)3-4-16(12)17(20)19-7-5-13-10-18-11-14(13)6-8-19;/h3-4,9,13-14,18H,5-8,10-11H2,1-2H3;1H/t13-,14+;. The van der Waals surface area contributed by atoms with Gasteiger partial charge in [0.2, 0.25) is 0 Å². The Bertz CT molecular complexity index is 521. The largest absolute Gasteiger partial charge is 0.497 e. The molecule has 2 heterocycles. The zero-order chi connectivity index (χ0) is 14.8. The summed E-state index contributed by atoms with van der Waals surface area (Å²) in [5, 5.41) is 3.47. The molecule has 0 unspecified atom stereocenters. The number of aryl methyl sites for hydroxylation is 1. The van der Waals surface area contributed by atoms with E-state index in [1.54, 1.807) is 7.11 Å². The zero-order valence-corrected chi connectivity index (χ0v) is 14.1. The Labute approximate surface area is 138 Å². The molecule has 0 aliphatic carbocycles. The number of rotatable bonds is 2. The molecule has 0 bridgehead atoms. The number of nitrogens with zero attached hydrogens (tertiary/aromatic N) is 1. The molecule has 2 fully saturated rings. The number of methoxy groups -OCH3 is 1. The molecule has 3 rings (SSSR count). The van der Waals surface area contributed by atoms with Crippen molar-refractivity contribution < 1.29 is 9.53 Å². The van der Waals surface area contributed by atoms with Gasteiger partial charge in [0.1, 0.15) is 5.75 Å². The first-order chi connectivity index (χ1) is 10.2. The summed E-state index contributed by atoms with van der Waals surface area (Å²) >= 11 is 0. The fourth-order valence-electron chi connectivity index (χ4n) is 3.59. The summed E-state index contributed by atoms with van der Waals surface area (Å²) in [6.45, 7) is 5.98. The highest BCUT2D eigenvalue weighted by Gasteiger charge is 2.31. The Morgan fingerprint density at radius 1 is 1.23 bits per heavy atom. The van der Waals surface area contributed by atoms with Crippen LogP contribution in [0.25, 0.3) is 0 Å². The van der Waals surface area contributed by atoms with Crippen LogP contribution in [0.1, 0.15) is 28.8 Å². The van der Waals surface area contributed by atoms with Gasteiger partial charge in [-0.15, -0.1) is 12.4 Å². The van der Waals surface area contributed by atoms with Crippen LogP contribution >= 0.6 is 12.4 Å². The Kier molecular flexibility index (Phi) is 5.70. The Balaban J connectivity index is 0.00000176. The maximum absolute atomic E-state index is 12.8. The average molecular weight is 325 g/mol. The van der Waals surface area contributed by atoms with Crippen molar-refractivity contribution in [1.82, 2.24) is 10.2 Å². The van der Waals surface area contributed by atoms with Crippen LogP contribution in [0.4, 0.5) is 0 Å². The minimum absolute atomic E-state index is 0. The number of hydrogen-bond donors (Lipinski definition) is 1. The van der Waals surface area contributed by atoms with Crippen LogP contribution in [-0.2, 0) is 0 Å². The normalized spacial score (nSPS) is 24.2.